The highest BCUT2D eigenvalue weighted by Gasteiger charge is 2.59. The minimum atomic E-state index is -0.321. The highest BCUT2D eigenvalue weighted by Crippen LogP contribution is 2.52. The number of hydrogen-bond acceptors (Lipinski definition) is 4. The first-order valence-corrected chi connectivity index (χ1v) is 9.70. The Hall–Kier alpha value is -2.14. The summed E-state index contributed by atoms with van der Waals surface area (Å²) in [4.78, 5) is 15.3. The van der Waals surface area contributed by atoms with E-state index in [0.717, 1.165) is 31.5 Å². The summed E-state index contributed by atoms with van der Waals surface area (Å²) in [6.07, 6.45) is 7.83. The van der Waals surface area contributed by atoms with Crippen LogP contribution in [0.2, 0.25) is 0 Å². The predicted octanol–water partition coefficient (Wildman–Crippen LogP) is 3.57. The topological polar surface area (TPSA) is 47.4 Å². The predicted molar refractivity (Wildman–Crippen MR) is 99.9 cm³/mol. The Morgan fingerprint density at radius 1 is 1.31 bits per heavy atom. The summed E-state index contributed by atoms with van der Waals surface area (Å²) in [5.74, 6) is 0.00462. The Morgan fingerprint density at radius 3 is 2.92 bits per heavy atom. The van der Waals surface area contributed by atoms with Crippen LogP contribution in [0.3, 0.4) is 0 Å². The lowest BCUT2D eigenvalue weighted by molar-refractivity contribution is -0.157. The average Bonchev–Trinajstić information content (AvgIpc) is 3.38. The van der Waals surface area contributed by atoms with E-state index >= 15 is 0 Å². The third kappa shape index (κ3) is 2.75. The summed E-state index contributed by atoms with van der Waals surface area (Å²) >= 11 is 0. The third-order valence-corrected chi connectivity index (χ3v) is 6.24. The van der Waals surface area contributed by atoms with E-state index < -0.39 is 0 Å². The summed E-state index contributed by atoms with van der Waals surface area (Å²) in [5, 5.41) is 4.32. The second-order valence-corrected chi connectivity index (χ2v) is 7.47. The molecule has 0 aliphatic carbocycles. The zero-order valence-corrected chi connectivity index (χ0v) is 15.6. The number of hydrogen-bond donors (Lipinski definition) is 0. The number of fused-ring (bicyclic) bond motifs is 2. The standard InChI is InChI=1S/C21H27N3O2/c1-3-21(20(25)26-4-2)14-18-9-10-19(21)23(18)15-16-7-5-8-17(13-16)24-12-6-11-22-24/h5-8,11-13,18-19H,3-4,9-10,14-15H2,1-2H3/t18-,19+,21+/m0/s1. The van der Waals surface area contributed by atoms with E-state index in [9.17, 15) is 4.79 Å². The lowest BCUT2D eigenvalue weighted by Gasteiger charge is -2.34. The van der Waals surface area contributed by atoms with Gasteiger partial charge in [0.15, 0.2) is 0 Å². The van der Waals surface area contributed by atoms with Crippen molar-refractivity contribution in [3.05, 3.63) is 48.3 Å². The normalized spacial score (nSPS) is 27.8. The Kier molecular flexibility index (Phi) is 4.57. The van der Waals surface area contributed by atoms with Crippen LogP contribution in [0.4, 0.5) is 0 Å². The number of esters is 1. The molecule has 0 N–H and O–H groups in total. The van der Waals surface area contributed by atoms with Gasteiger partial charge in [0.1, 0.15) is 0 Å². The van der Waals surface area contributed by atoms with Crippen LogP contribution in [-0.4, -0.2) is 39.3 Å². The largest absolute Gasteiger partial charge is 0.466 e. The van der Waals surface area contributed by atoms with Crippen LogP contribution in [0, 0.1) is 5.41 Å². The molecule has 0 amide bonds. The Labute approximate surface area is 154 Å². The molecule has 2 aromatic rings. The van der Waals surface area contributed by atoms with Crippen LogP contribution in [0.25, 0.3) is 5.69 Å². The fraction of sp³-hybridized carbons (Fsp3) is 0.524. The molecule has 0 spiro atoms. The van der Waals surface area contributed by atoms with E-state index in [1.807, 2.05) is 23.9 Å². The lowest BCUT2D eigenvalue weighted by atomic mass is 9.72. The van der Waals surface area contributed by atoms with Crippen molar-refractivity contribution in [3.63, 3.8) is 0 Å². The summed E-state index contributed by atoms with van der Waals surface area (Å²) in [6, 6.07) is 11.2. The molecule has 26 heavy (non-hydrogen) atoms. The zero-order valence-electron chi connectivity index (χ0n) is 15.6. The molecule has 2 aliphatic rings. The monoisotopic (exact) mass is 353 g/mol. The second kappa shape index (κ2) is 6.88. The van der Waals surface area contributed by atoms with Gasteiger partial charge >= 0.3 is 5.97 Å². The molecule has 2 aliphatic heterocycles. The van der Waals surface area contributed by atoms with Gasteiger partial charge in [-0.3, -0.25) is 9.69 Å². The van der Waals surface area contributed by atoms with Crippen LogP contribution in [0.15, 0.2) is 42.7 Å². The van der Waals surface area contributed by atoms with Crippen molar-refractivity contribution in [2.45, 2.75) is 58.2 Å². The Morgan fingerprint density at radius 2 is 2.19 bits per heavy atom. The maximum Gasteiger partial charge on any atom is 0.313 e. The fourth-order valence-electron chi connectivity index (χ4n) is 4.99. The van der Waals surface area contributed by atoms with Crippen LogP contribution in [0.5, 0.6) is 0 Å². The smallest absolute Gasteiger partial charge is 0.313 e. The highest BCUT2D eigenvalue weighted by molar-refractivity contribution is 5.78. The van der Waals surface area contributed by atoms with E-state index in [2.05, 4.69) is 41.2 Å². The van der Waals surface area contributed by atoms with Crippen molar-refractivity contribution >= 4 is 5.97 Å². The molecule has 0 saturated carbocycles. The van der Waals surface area contributed by atoms with Crippen molar-refractivity contribution in [1.29, 1.82) is 0 Å². The Balaban J connectivity index is 1.56. The molecule has 3 heterocycles. The van der Waals surface area contributed by atoms with Crippen LogP contribution in [0.1, 0.15) is 45.1 Å². The first-order chi connectivity index (χ1) is 12.7. The van der Waals surface area contributed by atoms with Crippen molar-refractivity contribution in [2.24, 2.45) is 5.41 Å². The minimum absolute atomic E-state index is 0.00462. The van der Waals surface area contributed by atoms with E-state index in [1.165, 1.54) is 12.0 Å². The fourth-order valence-corrected chi connectivity index (χ4v) is 4.99. The van der Waals surface area contributed by atoms with Gasteiger partial charge in [-0.1, -0.05) is 19.1 Å². The molecule has 1 aromatic carbocycles. The molecule has 0 unspecified atom stereocenters. The van der Waals surface area contributed by atoms with Gasteiger partial charge in [0, 0.05) is 31.0 Å². The van der Waals surface area contributed by atoms with Crippen LogP contribution >= 0.6 is 0 Å². The maximum atomic E-state index is 12.7. The minimum Gasteiger partial charge on any atom is -0.466 e. The SMILES string of the molecule is CCOC(=O)[C@]1(CC)C[C@@H]2CC[C@H]1N2Cc1cccc(-n2cccn2)c1. The molecule has 2 bridgehead atoms. The highest BCUT2D eigenvalue weighted by atomic mass is 16.5. The number of rotatable bonds is 6. The molecule has 138 valence electrons. The van der Waals surface area contributed by atoms with E-state index in [-0.39, 0.29) is 11.4 Å². The molecule has 5 heteroatoms. The van der Waals surface area contributed by atoms with Gasteiger partial charge < -0.3 is 4.74 Å². The Bertz CT molecular complexity index is 773. The molecule has 2 fully saturated rings. The van der Waals surface area contributed by atoms with Crippen LogP contribution in [-0.2, 0) is 16.1 Å². The summed E-state index contributed by atoms with van der Waals surface area (Å²) in [7, 11) is 0. The van der Waals surface area contributed by atoms with Crippen molar-refractivity contribution in [1.82, 2.24) is 14.7 Å². The number of carbonyl (C=O) groups excluding carboxylic acids is 1. The molecular weight excluding hydrogens is 326 g/mol. The van der Waals surface area contributed by atoms with Gasteiger partial charge in [-0.05, 0) is 56.4 Å². The molecule has 0 radical (unpaired) electrons. The van der Waals surface area contributed by atoms with Gasteiger partial charge in [0.2, 0.25) is 0 Å². The zero-order chi connectivity index (χ0) is 18.1. The van der Waals surface area contributed by atoms with Gasteiger partial charge in [0.25, 0.3) is 0 Å². The molecule has 3 atom stereocenters. The van der Waals surface area contributed by atoms with Gasteiger partial charge in [-0.2, -0.15) is 5.10 Å². The maximum absolute atomic E-state index is 12.7. The van der Waals surface area contributed by atoms with Crippen molar-refractivity contribution in [2.75, 3.05) is 6.61 Å². The lowest BCUT2D eigenvalue weighted by Crippen LogP contribution is -2.43. The quantitative estimate of drug-likeness (QED) is 0.745. The van der Waals surface area contributed by atoms with Gasteiger partial charge in [-0.15, -0.1) is 0 Å². The molecule has 4 rings (SSSR count). The number of aromatic nitrogens is 2. The first-order valence-electron chi connectivity index (χ1n) is 9.70. The van der Waals surface area contributed by atoms with E-state index in [4.69, 9.17) is 4.74 Å². The average molecular weight is 353 g/mol. The van der Waals surface area contributed by atoms with E-state index in [0.29, 0.717) is 18.7 Å². The summed E-state index contributed by atoms with van der Waals surface area (Å²) in [5.41, 5.74) is 2.02. The molecule has 1 aromatic heterocycles. The number of nitrogens with zero attached hydrogens (tertiary/aromatic N) is 3. The van der Waals surface area contributed by atoms with Crippen molar-refractivity contribution in [3.8, 4) is 5.69 Å². The third-order valence-electron chi connectivity index (χ3n) is 6.24. The van der Waals surface area contributed by atoms with Crippen molar-refractivity contribution < 1.29 is 9.53 Å². The van der Waals surface area contributed by atoms with Gasteiger partial charge in [0.05, 0.1) is 17.7 Å². The van der Waals surface area contributed by atoms with Crippen LogP contribution < -0.4 is 0 Å². The second-order valence-electron chi connectivity index (χ2n) is 7.47. The summed E-state index contributed by atoms with van der Waals surface area (Å²) in [6.45, 7) is 5.37. The number of benzene rings is 1. The first kappa shape index (κ1) is 17.3. The molecule has 2 saturated heterocycles. The van der Waals surface area contributed by atoms with E-state index in [1.54, 1.807) is 6.20 Å². The molecular formula is C21H27N3O2. The number of ether oxygens (including phenoxy) is 1. The van der Waals surface area contributed by atoms with Gasteiger partial charge in [-0.25, -0.2) is 4.68 Å². The summed E-state index contributed by atoms with van der Waals surface area (Å²) < 4.78 is 7.35. The molecule has 5 nitrogen and oxygen atoms in total. The number of carbonyl (C=O) groups is 1.